The molecule has 2 atom stereocenters. The average Bonchev–Trinajstić information content (AvgIpc) is 2.36. The van der Waals surface area contributed by atoms with Crippen LogP contribution >= 0.6 is 0 Å². The largest absolute Gasteiger partial charge is 0.385 e. The molecule has 1 heterocycles. The van der Waals surface area contributed by atoms with Crippen LogP contribution in [0.3, 0.4) is 0 Å². The van der Waals surface area contributed by atoms with E-state index >= 15 is 0 Å². The van der Waals surface area contributed by atoms with E-state index < -0.39 is 12.2 Å². The molecule has 0 aliphatic rings. The van der Waals surface area contributed by atoms with Gasteiger partial charge in [-0.25, -0.2) is 0 Å². The Morgan fingerprint density at radius 3 is 2.71 bits per heavy atom. The summed E-state index contributed by atoms with van der Waals surface area (Å²) < 4.78 is 0. The second-order valence-corrected chi connectivity index (χ2v) is 3.92. The topological polar surface area (TPSA) is 77.1 Å². The molecular weight excluding hydrogens is 216 g/mol. The van der Waals surface area contributed by atoms with Crippen molar-refractivity contribution in [2.45, 2.75) is 19.1 Å². The van der Waals surface area contributed by atoms with E-state index in [0.29, 0.717) is 5.56 Å². The molecule has 86 valence electrons. The minimum absolute atomic E-state index is 0.511. The SMILES string of the molecule is Cc1ccc2cc(C(O)C(O)C#N)ccc2n1. The van der Waals surface area contributed by atoms with Crippen molar-refractivity contribution in [1.82, 2.24) is 4.98 Å². The number of pyridine rings is 1. The molecule has 2 unspecified atom stereocenters. The lowest BCUT2D eigenvalue weighted by Crippen LogP contribution is -2.15. The molecule has 1 aromatic heterocycles. The standard InChI is InChI=1S/C13H12N2O2/c1-8-2-3-9-6-10(4-5-11(9)15-8)13(17)12(16)7-14/h2-6,12-13,16-17H,1H3. The van der Waals surface area contributed by atoms with Crippen molar-refractivity contribution in [2.75, 3.05) is 0 Å². The molecule has 0 spiro atoms. The summed E-state index contributed by atoms with van der Waals surface area (Å²) in [4.78, 5) is 4.33. The minimum Gasteiger partial charge on any atom is -0.385 e. The maximum atomic E-state index is 9.71. The first-order valence-corrected chi connectivity index (χ1v) is 5.25. The van der Waals surface area contributed by atoms with Gasteiger partial charge in [-0.05, 0) is 30.7 Å². The number of aromatic nitrogens is 1. The van der Waals surface area contributed by atoms with Crippen molar-refractivity contribution in [3.63, 3.8) is 0 Å². The first kappa shape index (κ1) is 11.5. The molecule has 0 saturated carbocycles. The molecular formula is C13H12N2O2. The van der Waals surface area contributed by atoms with Crippen LogP contribution in [0.5, 0.6) is 0 Å². The highest BCUT2D eigenvalue weighted by atomic mass is 16.3. The number of benzene rings is 1. The van der Waals surface area contributed by atoms with Gasteiger partial charge in [0.15, 0.2) is 6.10 Å². The molecule has 2 aromatic rings. The Balaban J connectivity index is 2.45. The van der Waals surface area contributed by atoms with Crippen LogP contribution in [0.15, 0.2) is 30.3 Å². The van der Waals surface area contributed by atoms with Crippen LogP contribution in [0.4, 0.5) is 0 Å². The third-order valence-electron chi connectivity index (χ3n) is 2.63. The van der Waals surface area contributed by atoms with Gasteiger partial charge in [-0.2, -0.15) is 5.26 Å². The van der Waals surface area contributed by atoms with Crippen LogP contribution in [0, 0.1) is 18.3 Å². The highest BCUT2D eigenvalue weighted by Crippen LogP contribution is 2.21. The zero-order valence-electron chi connectivity index (χ0n) is 9.33. The van der Waals surface area contributed by atoms with E-state index in [0.717, 1.165) is 16.6 Å². The molecule has 0 amide bonds. The molecule has 0 radical (unpaired) electrons. The second kappa shape index (κ2) is 4.50. The van der Waals surface area contributed by atoms with Crippen molar-refractivity contribution >= 4 is 10.9 Å². The maximum Gasteiger partial charge on any atom is 0.170 e. The smallest absolute Gasteiger partial charge is 0.170 e. The summed E-state index contributed by atoms with van der Waals surface area (Å²) in [6.07, 6.45) is -2.60. The Kier molecular flexibility index (Phi) is 3.05. The highest BCUT2D eigenvalue weighted by Gasteiger charge is 2.17. The average molecular weight is 228 g/mol. The molecule has 0 fully saturated rings. The Morgan fingerprint density at radius 2 is 2.00 bits per heavy atom. The number of aryl methyl sites for hydroxylation is 1. The van der Waals surface area contributed by atoms with Crippen molar-refractivity contribution < 1.29 is 10.2 Å². The van der Waals surface area contributed by atoms with Crippen LogP contribution in [0.25, 0.3) is 10.9 Å². The van der Waals surface area contributed by atoms with Crippen molar-refractivity contribution in [3.8, 4) is 6.07 Å². The van der Waals surface area contributed by atoms with E-state index in [-0.39, 0.29) is 0 Å². The molecule has 17 heavy (non-hydrogen) atoms. The lowest BCUT2D eigenvalue weighted by Gasteiger charge is -2.12. The summed E-state index contributed by atoms with van der Waals surface area (Å²) in [5, 5.41) is 28.4. The predicted octanol–water partition coefficient (Wildman–Crippen LogP) is 1.46. The fourth-order valence-corrected chi connectivity index (χ4v) is 1.68. The number of nitriles is 1. The minimum atomic E-state index is -1.41. The first-order valence-electron chi connectivity index (χ1n) is 5.25. The lowest BCUT2D eigenvalue weighted by atomic mass is 10.0. The Morgan fingerprint density at radius 1 is 1.24 bits per heavy atom. The Hall–Kier alpha value is -1.96. The zero-order valence-corrected chi connectivity index (χ0v) is 9.33. The number of aliphatic hydroxyl groups excluding tert-OH is 2. The summed E-state index contributed by atoms with van der Waals surface area (Å²) in [6.45, 7) is 1.90. The van der Waals surface area contributed by atoms with Crippen molar-refractivity contribution in [2.24, 2.45) is 0 Å². The van der Waals surface area contributed by atoms with E-state index in [4.69, 9.17) is 5.26 Å². The van der Waals surface area contributed by atoms with Gasteiger partial charge < -0.3 is 10.2 Å². The summed E-state index contributed by atoms with van der Waals surface area (Å²) >= 11 is 0. The Labute approximate surface area is 98.8 Å². The fourth-order valence-electron chi connectivity index (χ4n) is 1.68. The summed E-state index contributed by atoms with van der Waals surface area (Å²) in [5.74, 6) is 0. The van der Waals surface area contributed by atoms with Gasteiger partial charge in [-0.3, -0.25) is 4.98 Å². The van der Waals surface area contributed by atoms with Crippen LogP contribution in [-0.4, -0.2) is 21.3 Å². The number of fused-ring (bicyclic) bond motifs is 1. The van der Waals surface area contributed by atoms with Crippen LogP contribution in [0.2, 0.25) is 0 Å². The summed E-state index contributed by atoms with van der Waals surface area (Å²) in [6, 6.07) is 10.5. The number of hydrogen-bond acceptors (Lipinski definition) is 4. The number of rotatable bonds is 2. The normalized spacial score (nSPS) is 14.2. The van der Waals surface area contributed by atoms with E-state index in [2.05, 4.69) is 4.98 Å². The summed E-state index contributed by atoms with van der Waals surface area (Å²) in [7, 11) is 0. The first-order chi connectivity index (χ1) is 8.11. The van der Waals surface area contributed by atoms with Gasteiger partial charge in [0, 0.05) is 11.1 Å². The number of aliphatic hydroxyl groups is 2. The zero-order chi connectivity index (χ0) is 12.4. The fraction of sp³-hybridized carbons (Fsp3) is 0.231. The van der Waals surface area contributed by atoms with Crippen LogP contribution in [0.1, 0.15) is 17.4 Å². The van der Waals surface area contributed by atoms with Crippen LogP contribution in [-0.2, 0) is 0 Å². The molecule has 0 aliphatic heterocycles. The quantitative estimate of drug-likeness (QED) is 0.763. The number of nitrogens with zero attached hydrogens (tertiary/aromatic N) is 2. The molecule has 0 bridgehead atoms. The summed E-state index contributed by atoms with van der Waals surface area (Å²) in [5.41, 5.74) is 2.26. The van der Waals surface area contributed by atoms with Gasteiger partial charge in [0.25, 0.3) is 0 Å². The Bertz CT molecular complexity index is 589. The molecule has 2 N–H and O–H groups in total. The monoisotopic (exact) mass is 228 g/mol. The third kappa shape index (κ3) is 2.26. The van der Waals surface area contributed by atoms with Gasteiger partial charge in [-0.1, -0.05) is 12.1 Å². The van der Waals surface area contributed by atoms with Gasteiger partial charge >= 0.3 is 0 Å². The molecule has 0 saturated heterocycles. The molecule has 4 heteroatoms. The van der Waals surface area contributed by atoms with E-state index in [1.165, 1.54) is 0 Å². The molecule has 0 aliphatic carbocycles. The van der Waals surface area contributed by atoms with E-state index in [1.807, 2.05) is 19.1 Å². The van der Waals surface area contributed by atoms with Gasteiger partial charge in [0.2, 0.25) is 0 Å². The lowest BCUT2D eigenvalue weighted by molar-refractivity contribution is 0.0529. The predicted molar refractivity (Wildman–Crippen MR) is 63.1 cm³/mol. The second-order valence-electron chi connectivity index (χ2n) is 3.92. The van der Waals surface area contributed by atoms with E-state index in [9.17, 15) is 10.2 Å². The van der Waals surface area contributed by atoms with Crippen molar-refractivity contribution in [1.29, 1.82) is 5.26 Å². The van der Waals surface area contributed by atoms with Gasteiger partial charge in [0.1, 0.15) is 6.10 Å². The highest BCUT2D eigenvalue weighted by molar-refractivity contribution is 5.79. The van der Waals surface area contributed by atoms with Gasteiger partial charge in [0.05, 0.1) is 11.6 Å². The van der Waals surface area contributed by atoms with Crippen molar-refractivity contribution in [3.05, 3.63) is 41.6 Å². The maximum absolute atomic E-state index is 9.71. The number of hydrogen-bond donors (Lipinski definition) is 2. The van der Waals surface area contributed by atoms with E-state index in [1.54, 1.807) is 24.3 Å². The third-order valence-corrected chi connectivity index (χ3v) is 2.63. The van der Waals surface area contributed by atoms with Gasteiger partial charge in [-0.15, -0.1) is 0 Å². The molecule has 2 rings (SSSR count). The van der Waals surface area contributed by atoms with Crippen LogP contribution < -0.4 is 0 Å². The molecule has 1 aromatic carbocycles. The molecule has 4 nitrogen and oxygen atoms in total.